The first kappa shape index (κ1) is 20.0. The second kappa shape index (κ2) is 10.7. The predicted molar refractivity (Wildman–Crippen MR) is 109 cm³/mol. The number of carbonyl (C=O) groups excluding carboxylic acids is 2. The Hall–Kier alpha value is -2.27. The highest BCUT2D eigenvalue weighted by atomic mass is 32.2. The van der Waals surface area contributed by atoms with Crippen LogP contribution < -0.4 is 10.6 Å². The molecule has 4 nitrogen and oxygen atoms in total. The van der Waals surface area contributed by atoms with Gasteiger partial charge in [-0.3, -0.25) is 9.59 Å². The number of carbonyl (C=O) groups is 2. The first-order valence-corrected chi connectivity index (χ1v) is 10.1. The fourth-order valence-electron chi connectivity index (χ4n) is 2.47. The van der Waals surface area contributed by atoms with Gasteiger partial charge in [0.2, 0.25) is 5.91 Å². The number of thioether (sulfide) groups is 1. The van der Waals surface area contributed by atoms with E-state index in [0.29, 0.717) is 18.5 Å². The number of benzene rings is 2. The van der Waals surface area contributed by atoms with Gasteiger partial charge in [-0.2, -0.15) is 11.8 Å². The fourth-order valence-corrected chi connectivity index (χ4v) is 3.10. The Morgan fingerprint density at radius 2 is 1.77 bits per heavy atom. The van der Waals surface area contributed by atoms with Crippen LogP contribution in [0.4, 0.5) is 5.69 Å². The quantitative estimate of drug-likeness (QED) is 0.678. The number of rotatable bonds is 9. The summed E-state index contributed by atoms with van der Waals surface area (Å²) in [5.41, 5.74) is 3.59. The van der Waals surface area contributed by atoms with Gasteiger partial charge in [0.25, 0.3) is 5.91 Å². The van der Waals surface area contributed by atoms with Crippen molar-refractivity contribution >= 4 is 29.3 Å². The molecule has 0 atom stereocenters. The van der Waals surface area contributed by atoms with Crippen molar-refractivity contribution in [2.75, 3.05) is 11.1 Å². The smallest absolute Gasteiger partial charge is 0.251 e. The third-order valence-corrected chi connectivity index (χ3v) is 4.78. The summed E-state index contributed by atoms with van der Waals surface area (Å²) in [6.45, 7) is 4.53. The number of amides is 2. The van der Waals surface area contributed by atoms with Gasteiger partial charge >= 0.3 is 0 Å². The van der Waals surface area contributed by atoms with Crippen molar-refractivity contribution in [1.82, 2.24) is 5.32 Å². The molecule has 0 radical (unpaired) electrons. The largest absolute Gasteiger partial charge is 0.348 e. The summed E-state index contributed by atoms with van der Waals surface area (Å²) >= 11 is 1.86. The van der Waals surface area contributed by atoms with Gasteiger partial charge in [-0.25, -0.2) is 0 Å². The van der Waals surface area contributed by atoms with Gasteiger partial charge in [0.05, 0.1) is 0 Å². The summed E-state index contributed by atoms with van der Waals surface area (Å²) < 4.78 is 0. The van der Waals surface area contributed by atoms with Crippen LogP contribution in [0.5, 0.6) is 0 Å². The number of hydrogen-bond donors (Lipinski definition) is 2. The molecule has 0 aliphatic carbocycles. The molecule has 0 saturated carbocycles. The van der Waals surface area contributed by atoms with Crippen LogP contribution in [0.25, 0.3) is 0 Å². The Morgan fingerprint density at radius 3 is 2.46 bits per heavy atom. The lowest BCUT2D eigenvalue weighted by Gasteiger charge is -2.09. The van der Waals surface area contributed by atoms with Gasteiger partial charge < -0.3 is 10.6 Å². The standard InChI is InChI=1S/C21H26N2O2S/c1-3-6-20(24)23-19-8-5-7-17(13-19)14-22-21(25)18-11-9-16(10-12-18)15-26-4-2/h5,7-13H,3-4,6,14-15H2,1-2H3,(H,22,25)(H,23,24). The molecule has 0 saturated heterocycles. The topological polar surface area (TPSA) is 58.2 Å². The maximum Gasteiger partial charge on any atom is 0.251 e. The van der Waals surface area contributed by atoms with Crippen LogP contribution in [0.2, 0.25) is 0 Å². The summed E-state index contributed by atoms with van der Waals surface area (Å²) in [6, 6.07) is 15.3. The van der Waals surface area contributed by atoms with Crippen LogP contribution in [0.1, 0.15) is 48.2 Å². The molecule has 0 heterocycles. The average Bonchev–Trinajstić information content (AvgIpc) is 2.65. The summed E-state index contributed by atoms with van der Waals surface area (Å²) in [5.74, 6) is 1.96. The van der Waals surface area contributed by atoms with Gasteiger partial charge in [0.1, 0.15) is 0 Å². The SMILES string of the molecule is CCCC(=O)Nc1cccc(CNC(=O)c2ccc(CSCC)cc2)c1. The van der Waals surface area contributed by atoms with E-state index in [9.17, 15) is 9.59 Å². The molecule has 2 rings (SSSR count). The molecular formula is C21H26N2O2S. The molecule has 2 aromatic carbocycles. The molecule has 138 valence electrons. The Labute approximate surface area is 159 Å². The highest BCUT2D eigenvalue weighted by Gasteiger charge is 2.06. The Balaban J connectivity index is 1.89. The Morgan fingerprint density at radius 1 is 1.00 bits per heavy atom. The van der Waals surface area contributed by atoms with Crippen LogP contribution in [0.3, 0.4) is 0 Å². The highest BCUT2D eigenvalue weighted by molar-refractivity contribution is 7.98. The van der Waals surface area contributed by atoms with Gasteiger partial charge in [0, 0.05) is 30.0 Å². The van der Waals surface area contributed by atoms with E-state index in [2.05, 4.69) is 17.6 Å². The van der Waals surface area contributed by atoms with E-state index in [-0.39, 0.29) is 11.8 Å². The number of hydrogen-bond acceptors (Lipinski definition) is 3. The normalized spacial score (nSPS) is 10.4. The minimum atomic E-state index is -0.0971. The summed E-state index contributed by atoms with van der Waals surface area (Å²) in [4.78, 5) is 24.0. The van der Waals surface area contributed by atoms with Crippen LogP contribution in [-0.2, 0) is 17.1 Å². The zero-order chi connectivity index (χ0) is 18.8. The zero-order valence-electron chi connectivity index (χ0n) is 15.4. The third-order valence-electron chi connectivity index (χ3n) is 3.83. The zero-order valence-corrected chi connectivity index (χ0v) is 16.2. The molecule has 0 aliphatic rings. The molecule has 2 aromatic rings. The maximum atomic E-state index is 12.3. The molecule has 0 aliphatic heterocycles. The molecule has 26 heavy (non-hydrogen) atoms. The lowest BCUT2D eigenvalue weighted by molar-refractivity contribution is -0.116. The van der Waals surface area contributed by atoms with E-state index in [1.54, 1.807) is 0 Å². The minimum Gasteiger partial charge on any atom is -0.348 e. The van der Waals surface area contributed by atoms with Crippen molar-refractivity contribution in [2.24, 2.45) is 0 Å². The summed E-state index contributed by atoms with van der Waals surface area (Å²) in [7, 11) is 0. The van der Waals surface area contributed by atoms with Crippen molar-refractivity contribution in [1.29, 1.82) is 0 Å². The summed E-state index contributed by atoms with van der Waals surface area (Å²) in [6.07, 6.45) is 1.32. The van der Waals surface area contributed by atoms with E-state index in [0.717, 1.165) is 29.2 Å². The molecule has 0 unspecified atom stereocenters. The first-order valence-electron chi connectivity index (χ1n) is 8.96. The van der Waals surface area contributed by atoms with Crippen LogP contribution in [-0.4, -0.2) is 17.6 Å². The first-order chi connectivity index (χ1) is 12.6. The lowest BCUT2D eigenvalue weighted by atomic mass is 10.1. The second-order valence-electron chi connectivity index (χ2n) is 6.02. The number of nitrogens with one attached hydrogen (secondary N) is 2. The van der Waals surface area contributed by atoms with Gasteiger partial charge in [0.15, 0.2) is 0 Å². The van der Waals surface area contributed by atoms with Crippen molar-refractivity contribution < 1.29 is 9.59 Å². The fraction of sp³-hybridized carbons (Fsp3) is 0.333. The maximum absolute atomic E-state index is 12.3. The van der Waals surface area contributed by atoms with Gasteiger partial charge in [-0.15, -0.1) is 0 Å². The van der Waals surface area contributed by atoms with E-state index in [1.165, 1.54) is 5.56 Å². The molecular weight excluding hydrogens is 344 g/mol. The highest BCUT2D eigenvalue weighted by Crippen LogP contribution is 2.14. The predicted octanol–water partition coefficient (Wildman–Crippen LogP) is 4.61. The van der Waals surface area contributed by atoms with Crippen molar-refractivity contribution in [3.63, 3.8) is 0 Å². The Bertz CT molecular complexity index is 729. The van der Waals surface area contributed by atoms with Crippen LogP contribution in [0, 0.1) is 0 Å². The molecule has 0 bridgehead atoms. The molecule has 0 fully saturated rings. The van der Waals surface area contributed by atoms with Gasteiger partial charge in [-0.1, -0.05) is 38.1 Å². The van der Waals surface area contributed by atoms with Crippen molar-refractivity contribution in [3.05, 3.63) is 65.2 Å². The minimum absolute atomic E-state index is 0.00927. The lowest BCUT2D eigenvalue weighted by Crippen LogP contribution is -2.22. The molecule has 2 N–H and O–H groups in total. The molecule has 0 spiro atoms. The molecule has 0 aromatic heterocycles. The van der Waals surface area contributed by atoms with Crippen LogP contribution >= 0.6 is 11.8 Å². The van der Waals surface area contributed by atoms with E-state index < -0.39 is 0 Å². The second-order valence-corrected chi connectivity index (χ2v) is 7.29. The van der Waals surface area contributed by atoms with Gasteiger partial charge in [-0.05, 0) is 47.6 Å². The third kappa shape index (κ3) is 6.56. The molecule has 2 amide bonds. The monoisotopic (exact) mass is 370 g/mol. The van der Waals surface area contributed by atoms with Crippen LogP contribution in [0.15, 0.2) is 48.5 Å². The molecule has 5 heteroatoms. The number of anilines is 1. The Kier molecular flexibility index (Phi) is 8.22. The van der Waals surface area contributed by atoms with Crippen molar-refractivity contribution in [3.8, 4) is 0 Å². The van der Waals surface area contributed by atoms with E-state index >= 15 is 0 Å². The van der Waals surface area contributed by atoms with E-state index in [1.807, 2.05) is 67.2 Å². The average molecular weight is 371 g/mol. The summed E-state index contributed by atoms with van der Waals surface area (Å²) in [5, 5.41) is 5.80. The van der Waals surface area contributed by atoms with Crippen molar-refractivity contribution in [2.45, 2.75) is 39.0 Å². The van der Waals surface area contributed by atoms with E-state index in [4.69, 9.17) is 0 Å².